The van der Waals surface area contributed by atoms with E-state index in [4.69, 9.17) is 4.74 Å². The number of nitrogens with zero attached hydrogens (tertiary/aromatic N) is 2. The Balaban J connectivity index is 2.26. The van der Waals surface area contributed by atoms with E-state index in [2.05, 4.69) is 4.98 Å². The van der Waals surface area contributed by atoms with E-state index in [1.165, 1.54) is 24.5 Å². The van der Waals surface area contributed by atoms with E-state index in [0.717, 1.165) is 5.01 Å². The Morgan fingerprint density at radius 2 is 2.10 bits per heavy atom. The number of hydrogen-bond acceptors (Lipinski definition) is 5. The van der Waals surface area contributed by atoms with Crippen LogP contribution in [-0.4, -0.2) is 28.2 Å². The van der Waals surface area contributed by atoms with E-state index in [0.29, 0.717) is 22.5 Å². The summed E-state index contributed by atoms with van der Waals surface area (Å²) in [7, 11) is 3.13. The summed E-state index contributed by atoms with van der Waals surface area (Å²) in [5, 5.41) is 2.79. The van der Waals surface area contributed by atoms with Gasteiger partial charge in [-0.25, -0.2) is 4.98 Å². The van der Waals surface area contributed by atoms with Gasteiger partial charge in [-0.3, -0.25) is 9.59 Å². The topological polar surface area (TPSA) is 61.2 Å². The van der Waals surface area contributed by atoms with Crippen molar-refractivity contribution in [2.45, 2.75) is 6.92 Å². The van der Waals surface area contributed by atoms with Crippen molar-refractivity contribution in [2.24, 2.45) is 7.05 Å². The lowest BCUT2D eigenvalue weighted by molar-refractivity contribution is 0.0914. The Labute approximate surface area is 119 Å². The fourth-order valence-corrected chi connectivity index (χ4v) is 2.98. The van der Waals surface area contributed by atoms with Crippen LogP contribution in [0.3, 0.4) is 0 Å². The first-order chi connectivity index (χ1) is 9.52. The third-order valence-electron chi connectivity index (χ3n) is 3.24. The Bertz CT molecular complexity index is 767. The largest absolute Gasteiger partial charge is 0.492 e. The van der Waals surface area contributed by atoms with Gasteiger partial charge in [-0.15, -0.1) is 11.3 Å². The number of fused-ring (bicyclic) bond motifs is 1. The highest BCUT2D eigenvalue weighted by Gasteiger charge is 2.33. The van der Waals surface area contributed by atoms with Crippen LogP contribution in [0.4, 0.5) is 0 Å². The molecule has 0 fully saturated rings. The lowest BCUT2D eigenvalue weighted by Crippen LogP contribution is -2.19. The average molecular weight is 288 g/mol. The van der Waals surface area contributed by atoms with Gasteiger partial charge >= 0.3 is 0 Å². The molecule has 5 nitrogen and oxygen atoms in total. The number of rotatable bonds is 2. The number of aryl methyl sites for hydroxylation is 2. The summed E-state index contributed by atoms with van der Waals surface area (Å²) in [6.07, 6.45) is 3.00. The summed E-state index contributed by atoms with van der Waals surface area (Å²) < 4.78 is 6.67. The van der Waals surface area contributed by atoms with Crippen LogP contribution >= 0.6 is 11.3 Å². The molecule has 0 bridgehead atoms. The zero-order chi connectivity index (χ0) is 14.4. The van der Waals surface area contributed by atoms with Crippen LogP contribution in [0.1, 0.15) is 25.9 Å². The summed E-state index contributed by atoms with van der Waals surface area (Å²) in [5.41, 5.74) is 2.15. The normalized spacial score (nSPS) is 14.2. The minimum atomic E-state index is -0.275. The molecular weight excluding hydrogens is 276 g/mol. The van der Waals surface area contributed by atoms with E-state index in [-0.39, 0.29) is 17.3 Å². The molecule has 6 heteroatoms. The fourth-order valence-electron chi connectivity index (χ4n) is 2.36. The molecule has 0 unspecified atom stereocenters. The molecule has 2 heterocycles. The Morgan fingerprint density at radius 1 is 1.35 bits per heavy atom. The van der Waals surface area contributed by atoms with Gasteiger partial charge in [-0.05, 0) is 6.92 Å². The van der Waals surface area contributed by atoms with Crippen LogP contribution in [0, 0.1) is 6.92 Å². The standard InChI is InChI=1S/C14H12N2O3S/c1-7-15-9(6-20-7)8-5-16(2)13-10(17)4-11(19-3)14(18)12(8)13/h4-6H,1-3H3. The first kappa shape index (κ1) is 12.8. The van der Waals surface area contributed by atoms with Crippen LogP contribution in [-0.2, 0) is 11.8 Å². The maximum atomic E-state index is 12.4. The maximum absolute atomic E-state index is 12.4. The second-order valence-electron chi connectivity index (χ2n) is 4.54. The zero-order valence-corrected chi connectivity index (χ0v) is 12.1. The lowest BCUT2D eigenvalue weighted by atomic mass is 9.96. The molecule has 0 aliphatic heterocycles. The number of aromatic nitrogens is 2. The number of hydrogen-bond donors (Lipinski definition) is 0. The molecule has 1 aliphatic carbocycles. The third-order valence-corrected chi connectivity index (χ3v) is 4.02. The number of carbonyl (C=O) groups excluding carboxylic acids is 2. The van der Waals surface area contributed by atoms with Gasteiger partial charge in [-0.2, -0.15) is 0 Å². The minimum absolute atomic E-state index is 0.0712. The van der Waals surface area contributed by atoms with Gasteiger partial charge in [0.05, 0.1) is 23.4 Å². The molecule has 0 spiro atoms. The van der Waals surface area contributed by atoms with Gasteiger partial charge in [0.2, 0.25) is 11.6 Å². The first-order valence-corrected chi connectivity index (χ1v) is 6.87. The van der Waals surface area contributed by atoms with Crippen molar-refractivity contribution in [3.05, 3.63) is 39.7 Å². The number of Topliss-reactive ketones (excluding diaryl/α,β-unsaturated/α-hetero) is 1. The predicted octanol–water partition coefficient (Wildman–Crippen LogP) is 2.37. The van der Waals surface area contributed by atoms with E-state index >= 15 is 0 Å². The van der Waals surface area contributed by atoms with Gasteiger partial charge < -0.3 is 9.30 Å². The summed E-state index contributed by atoms with van der Waals surface area (Å²) >= 11 is 1.51. The number of ketones is 2. The smallest absolute Gasteiger partial charge is 0.230 e. The van der Waals surface area contributed by atoms with E-state index in [1.807, 2.05) is 12.3 Å². The highest BCUT2D eigenvalue weighted by atomic mass is 32.1. The molecule has 0 amide bonds. The molecule has 0 aromatic carbocycles. The number of allylic oxidation sites excluding steroid dienone is 2. The molecular formula is C14H12N2O3S. The molecule has 0 radical (unpaired) electrons. The summed E-state index contributed by atoms with van der Waals surface area (Å²) in [4.78, 5) is 28.9. The predicted molar refractivity (Wildman–Crippen MR) is 75.0 cm³/mol. The summed E-state index contributed by atoms with van der Waals surface area (Å²) in [6.45, 7) is 1.90. The maximum Gasteiger partial charge on any atom is 0.230 e. The molecule has 0 saturated carbocycles. The Morgan fingerprint density at radius 3 is 2.70 bits per heavy atom. The van der Waals surface area contributed by atoms with Crippen LogP contribution < -0.4 is 0 Å². The first-order valence-electron chi connectivity index (χ1n) is 5.99. The summed E-state index contributed by atoms with van der Waals surface area (Å²) in [5.74, 6) is -0.428. The highest BCUT2D eigenvalue weighted by Crippen LogP contribution is 2.33. The number of ether oxygens (including phenoxy) is 1. The van der Waals surface area contributed by atoms with Crippen LogP contribution in [0.25, 0.3) is 11.3 Å². The Kier molecular flexibility index (Phi) is 2.83. The third kappa shape index (κ3) is 1.72. The fraction of sp³-hybridized carbons (Fsp3) is 0.214. The lowest BCUT2D eigenvalue weighted by Gasteiger charge is -2.12. The second-order valence-corrected chi connectivity index (χ2v) is 5.60. The molecule has 0 atom stereocenters. The molecule has 102 valence electrons. The average Bonchev–Trinajstić information content (AvgIpc) is 2.98. The van der Waals surface area contributed by atoms with Gasteiger partial charge in [0, 0.05) is 30.3 Å². The van der Waals surface area contributed by atoms with Crippen LogP contribution in [0.2, 0.25) is 0 Å². The molecule has 0 saturated heterocycles. The van der Waals surface area contributed by atoms with Gasteiger partial charge in [0.25, 0.3) is 0 Å². The van der Waals surface area contributed by atoms with Crippen molar-refractivity contribution in [2.75, 3.05) is 7.11 Å². The zero-order valence-electron chi connectivity index (χ0n) is 11.3. The monoisotopic (exact) mass is 288 g/mol. The van der Waals surface area contributed by atoms with E-state index in [1.54, 1.807) is 17.8 Å². The second kappa shape index (κ2) is 4.42. The van der Waals surface area contributed by atoms with E-state index in [9.17, 15) is 9.59 Å². The van der Waals surface area contributed by atoms with Crippen molar-refractivity contribution in [3.63, 3.8) is 0 Å². The van der Waals surface area contributed by atoms with Crippen molar-refractivity contribution in [1.82, 2.24) is 9.55 Å². The SMILES string of the molecule is COC1=CC(=O)c2c(c(-c3csc(C)n3)cn2C)C1=O. The molecule has 3 rings (SSSR count). The number of methoxy groups -OCH3 is 1. The van der Waals surface area contributed by atoms with Gasteiger partial charge in [0.15, 0.2) is 5.76 Å². The summed E-state index contributed by atoms with van der Waals surface area (Å²) in [6, 6.07) is 0. The van der Waals surface area contributed by atoms with Crippen molar-refractivity contribution < 1.29 is 14.3 Å². The highest BCUT2D eigenvalue weighted by molar-refractivity contribution is 7.09. The van der Waals surface area contributed by atoms with Crippen molar-refractivity contribution in [3.8, 4) is 11.3 Å². The van der Waals surface area contributed by atoms with E-state index < -0.39 is 0 Å². The molecule has 20 heavy (non-hydrogen) atoms. The number of thiazole rings is 1. The van der Waals surface area contributed by atoms with Gasteiger partial charge in [0.1, 0.15) is 5.69 Å². The Hall–Kier alpha value is -2.21. The van der Waals surface area contributed by atoms with Crippen LogP contribution in [0.5, 0.6) is 0 Å². The molecule has 0 N–H and O–H groups in total. The molecule has 2 aromatic heterocycles. The quantitative estimate of drug-likeness (QED) is 0.851. The van der Waals surface area contributed by atoms with Crippen LogP contribution in [0.15, 0.2) is 23.4 Å². The van der Waals surface area contributed by atoms with Gasteiger partial charge in [-0.1, -0.05) is 0 Å². The number of carbonyl (C=O) groups is 2. The minimum Gasteiger partial charge on any atom is -0.492 e. The van der Waals surface area contributed by atoms with Crippen molar-refractivity contribution >= 4 is 22.9 Å². The molecule has 1 aliphatic rings. The van der Waals surface area contributed by atoms with Crippen molar-refractivity contribution in [1.29, 1.82) is 0 Å². The molecule has 2 aromatic rings.